The van der Waals surface area contributed by atoms with Crippen molar-refractivity contribution in [3.05, 3.63) is 0 Å². The molecule has 0 aromatic heterocycles. The molecule has 3 unspecified atom stereocenters. The Labute approximate surface area is 95.8 Å². The zero-order chi connectivity index (χ0) is 11.5. The number of ether oxygens (including phenoxy) is 1. The fourth-order valence-electron chi connectivity index (χ4n) is 2.44. The fourth-order valence-corrected chi connectivity index (χ4v) is 2.44. The van der Waals surface area contributed by atoms with Crippen LogP contribution in [-0.2, 0) is 9.53 Å². The summed E-state index contributed by atoms with van der Waals surface area (Å²) in [5.41, 5.74) is 0. The van der Waals surface area contributed by atoms with E-state index in [1.807, 2.05) is 0 Å². The molecule has 0 saturated carbocycles. The first-order valence-corrected chi connectivity index (χ1v) is 5.96. The van der Waals surface area contributed by atoms with E-state index in [0.29, 0.717) is 25.7 Å². The maximum atomic E-state index is 12.3. The number of morpholine rings is 1. The first kappa shape index (κ1) is 11.8. The summed E-state index contributed by atoms with van der Waals surface area (Å²) in [6.07, 6.45) is 1.05. The first-order valence-electron chi connectivity index (χ1n) is 5.96. The zero-order valence-corrected chi connectivity index (χ0v) is 9.69. The van der Waals surface area contributed by atoms with Crippen LogP contribution in [0.15, 0.2) is 0 Å². The van der Waals surface area contributed by atoms with Gasteiger partial charge in [-0.1, -0.05) is 6.92 Å². The first-order chi connectivity index (χ1) is 7.74. The van der Waals surface area contributed by atoms with Gasteiger partial charge in [0.05, 0.1) is 31.9 Å². The molecule has 0 aliphatic carbocycles. The molecule has 92 valence electrons. The molecule has 1 amide bonds. The highest BCUT2D eigenvalue weighted by Crippen LogP contribution is 2.18. The zero-order valence-electron chi connectivity index (χ0n) is 9.69. The predicted molar refractivity (Wildman–Crippen MR) is 59.0 cm³/mol. The second-order valence-corrected chi connectivity index (χ2v) is 4.64. The molecule has 0 bridgehead atoms. The topological polar surface area (TPSA) is 61.8 Å². The number of carbonyl (C=O) groups is 1. The Kier molecular flexibility index (Phi) is 3.78. The number of carbonyl (C=O) groups excluding carboxylic acids is 1. The van der Waals surface area contributed by atoms with Crippen LogP contribution >= 0.6 is 0 Å². The average molecular weight is 228 g/mol. The molecular formula is C11H20N2O3. The third-order valence-electron chi connectivity index (χ3n) is 3.52. The summed E-state index contributed by atoms with van der Waals surface area (Å²) >= 11 is 0. The van der Waals surface area contributed by atoms with Gasteiger partial charge < -0.3 is 20.1 Å². The van der Waals surface area contributed by atoms with Gasteiger partial charge in [-0.15, -0.1) is 0 Å². The van der Waals surface area contributed by atoms with Gasteiger partial charge in [0.15, 0.2) is 0 Å². The number of amides is 1. The normalized spacial score (nSPS) is 35.4. The van der Waals surface area contributed by atoms with Gasteiger partial charge in [0.2, 0.25) is 5.91 Å². The molecule has 5 nitrogen and oxygen atoms in total. The van der Waals surface area contributed by atoms with E-state index in [-0.39, 0.29) is 24.6 Å². The average Bonchev–Trinajstić information content (AvgIpc) is 2.74. The van der Waals surface area contributed by atoms with Crippen molar-refractivity contribution in [3.8, 4) is 0 Å². The maximum Gasteiger partial charge on any atom is 0.240 e. The lowest BCUT2D eigenvalue weighted by Gasteiger charge is -2.36. The quantitative estimate of drug-likeness (QED) is 0.650. The monoisotopic (exact) mass is 228 g/mol. The van der Waals surface area contributed by atoms with E-state index in [1.165, 1.54) is 0 Å². The summed E-state index contributed by atoms with van der Waals surface area (Å²) in [4.78, 5) is 14.0. The summed E-state index contributed by atoms with van der Waals surface area (Å²) in [6, 6.07) is -0.247. The van der Waals surface area contributed by atoms with Gasteiger partial charge in [-0.25, -0.2) is 0 Å². The lowest BCUT2D eigenvalue weighted by atomic mass is 10.0. The van der Waals surface area contributed by atoms with Gasteiger partial charge in [-0.05, 0) is 18.9 Å². The van der Waals surface area contributed by atoms with Gasteiger partial charge in [-0.3, -0.25) is 4.79 Å². The second kappa shape index (κ2) is 5.12. The molecule has 2 aliphatic heterocycles. The van der Waals surface area contributed by atoms with Crippen LogP contribution in [0, 0.1) is 5.92 Å². The number of nitrogens with one attached hydrogen (secondary N) is 1. The smallest absolute Gasteiger partial charge is 0.240 e. The van der Waals surface area contributed by atoms with E-state index < -0.39 is 0 Å². The highest BCUT2D eigenvalue weighted by molar-refractivity contribution is 5.83. The Balaban J connectivity index is 2.01. The van der Waals surface area contributed by atoms with Crippen LogP contribution < -0.4 is 5.32 Å². The van der Waals surface area contributed by atoms with E-state index in [0.717, 1.165) is 13.0 Å². The molecule has 0 spiro atoms. The third kappa shape index (κ3) is 2.21. The minimum absolute atomic E-state index is 0.0210. The van der Waals surface area contributed by atoms with Gasteiger partial charge in [0.1, 0.15) is 0 Å². The van der Waals surface area contributed by atoms with Crippen molar-refractivity contribution < 1.29 is 14.6 Å². The highest BCUT2D eigenvalue weighted by Gasteiger charge is 2.36. The Morgan fingerprint density at radius 2 is 2.44 bits per heavy atom. The van der Waals surface area contributed by atoms with Crippen molar-refractivity contribution in [2.75, 3.05) is 32.9 Å². The molecule has 2 rings (SSSR count). The molecule has 0 aromatic rings. The number of aliphatic hydroxyl groups is 1. The summed E-state index contributed by atoms with van der Waals surface area (Å²) in [7, 11) is 0. The largest absolute Gasteiger partial charge is 0.394 e. The molecule has 0 aromatic carbocycles. The summed E-state index contributed by atoms with van der Waals surface area (Å²) in [5.74, 6) is 0.502. The van der Waals surface area contributed by atoms with Crippen LogP contribution in [0.5, 0.6) is 0 Å². The lowest BCUT2D eigenvalue weighted by Crippen LogP contribution is -2.56. The van der Waals surface area contributed by atoms with Crippen LogP contribution in [0.4, 0.5) is 0 Å². The lowest BCUT2D eigenvalue weighted by molar-refractivity contribution is -0.144. The summed E-state index contributed by atoms with van der Waals surface area (Å²) < 4.78 is 5.27. The number of rotatable bonds is 2. The minimum Gasteiger partial charge on any atom is -0.394 e. The van der Waals surface area contributed by atoms with Gasteiger partial charge >= 0.3 is 0 Å². The number of nitrogens with zero attached hydrogens (tertiary/aromatic N) is 1. The summed E-state index contributed by atoms with van der Waals surface area (Å²) in [6.45, 7) is 4.59. The molecule has 2 heterocycles. The predicted octanol–water partition coefficient (Wildman–Crippen LogP) is -0.796. The van der Waals surface area contributed by atoms with Crippen LogP contribution in [0.2, 0.25) is 0 Å². The Morgan fingerprint density at radius 3 is 3.06 bits per heavy atom. The third-order valence-corrected chi connectivity index (χ3v) is 3.52. The maximum absolute atomic E-state index is 12.3. The standard InChI is InChI=1S/C11H20N2O3/c1-8-2-3-12-10(8)11(15)13-4-5-16-7-9(13)6-14/h8-10,12,14H,2-7H2,1H3. The van der Waals surface area contributed by atoms with Crippen molar-refractivity contribution in [2.45, 2.75) is 25.4 Å². The van der Waals surface area contributed by atoms with E-state index in [2.05, 4.69) is 12.2 Å². The van der Waals surface area contributed by atoms with E-state index in [9.17, 15) is 9.90 Å². The molecule has 16 heavy (non-hydrogen) atoms. The molecule has 2 N–H and O–H groups in total. The van der Waals surface area contributed by atoms with Gasteiger partial charge in [0.25, 0.3) is 0 Å². The van der Waals surface area contributed by atoms with Crippen molar-refractivity contribution in [2.24, 2.45) is 5.92 Å². The van der Waals surface area contributed by atoms with Crippen LogP contribution in [0.1, 0.15) is 13.3 Å². The molecule has 0 radical (unpaired) electrons. The van der Waals surface area contributed by atoms with Crippen molar-refractivity contribution in [1.29, 1.82) is 0 Å². The number of aliphatic hydroxyl groups excluding tert-OH is 1. The van der Waals surface area contributed by atoms with Gasteiger partial charge in [0, 0.05) is 6.54 Å². The summed E-state index contributed by atoms with van der Waals surface area (Å²) in [5, 5.41) is 12.5. The Morgan fingerprint density at radius 1 is 1.62 bits per heavy atom. The van der Waals surface area contributed by atoms with Crippen LogP contribution in [0.25, 0.3) is 0 Å². The van der Waals surface area contributed by atoms with Gasteiger partial charge in [-0.2, -0.15) is 0 Å². The molecule has 2 saturated heterocycles. The van der Waals surface area contributed by atoms with Crippen molar-refractivity contribution in [1.82, 2.24) is 10.2 Å². The molecule has 2 aliphatic rings. The molecule has 5 heteroatoms. The highest BCUT2D eigenvalue weighted by atomic mass is 16.5. The van der Waals surface area contributed by atoms with E-state index >= 15 is 0 Å². The SMILES string of the molecule is CC1CCNC1C(=O)N1CCOCC1CO. The fraction of sp³-hybridized carbons (Fsp3) is 0.909. The number of hydrogen-bond acceptors (Lipinski definition) is 4. The van der Waals surface area contributed by atoms with E-state index in [4.69, 9.17) is 4.74 Å². The van der Waals surface area contributed by atoms with Crippen molar-refractivity contribution in [3.63, 3.8) is 0 Å². The van der Waals surface area contributed by atoms with Crippen molar-refractivity contribution >= 4 is 5.91 Å². The second-order valence-electron chi connectivity index (χ2n) is 4.64. The van der Waals surface area contributed by atoms with Crippen LogP contribution in [0.3, 0.4) is 0 Å². The van der Waals surface area contributed by atoms with E-state index in [1.54, 1.807) is 4.90 Å². The Bertz CT molecular complexity index is 260. The molecule has 2 fully saturated rings. The minimum atomic E-state index is -0.171. The molecular weight excluding hydrogens is 208 g/mol. The molecule has 3 atom stereocenters. The Hall–Kier alpha value is -0.650. The van der Waals surface area contributed by atoms with Crippen LogP contribution in [-0.4, -0.2) is 60.9 Å². The number of hydrogen-bond donors (Lipinski definition) is 2.